The van der Waals surface area contributed by atoms with Crippen molar-refractivity contribution >= 4 is 23.2 Å². The maximum absolute atomic E-state index is 11.9. The molecule has 0 unspecified atom stereocenters. The van der Waals surface area contributed by atoms with Crippen molar-refractivity contribution in [3.05, 3.63) is 28.8 Å². The Morgan fingerprint density at radius 1 is 1.56 bits per heavy atom. The Balaban J connectivity index is 1.97. The van der Waals surface area contributed by atoms with E-state index in [0.29, 0.717) is 22.8 Å². The molecule has 5 heteroatoms. The lowest BCUT2D eigenvalue weighted by Crippen LogP contribution is -2.49. The minimum atomic E-state index is -0.173. The summed E-state index contributed by atoms with van der Waals surface area (Å²) in [6.45, 7) is 0.533. The second kappa shape index (κ2) is 5.16. The zero-order chi connectivity index (χ0) is 13.2. The third kappa shape index (κ3) is 2.60. The fourth-order valence-corrected chi connectivity index (χ4v) is 2.17. The van der Waals surface area contributed by atoms with Gasteiger partial charge in [0, 0.05) is 19.2 Å². The Labute approximate surface area is 111 Å². The largest absolute Gasteiger partial charge is 0.398 e. The first-order valence-corrected chi connectivity index (χ1v) is 6.32. The molecule has 3 N–H and O–H groups in total. The standard InChI is InChI=1S/C13H17ClN2O2/c1-18-13(5-2-6-13)8-16-12(17)9-3-4-10(14)11(15)7-9/h3-4,7H,2,5-6,8,15H2,1H3,(H,16,17). The number of carbonyl (C=O) groups excluding carboxylic acids is 1. The second-order valence-electron chi connectivity index (χ2n) is 4.66. The first-order valence-electron chi connectivity index (χ1n) is 5.95. The van der Waals surface area contributed by atoms with Crippen molar-refractivity contribution in [1.82, 2.24) is 5.32 Å². The number of nitrogen functional groups attached to an aromatic ring is 1. The van der Waals surface area contributed by atoms with Crippen LogP contribution in [0.3, 0.4) is 0 Å². The molecule has 1 amide bonds. The summed E-state index contributed by atoms with van der Waals surface area (Å²) in [6.07, 6.45) is 3.14. The van der Waals surface area contributed by atoms with Gasteiger partial charge in [-0.25, -0.2) is 0 Å². The molecule has 1 aromatic rings. The van der Waals surface area contributed by atoms with Crippen LogP contribution >= 0.6 is 11.6 Å². The molecule has 2 rings (SSSR count). The maximum Gasteiger partial charge on any atom is 0.251 e. The Hall–Kier alpha value is -1.26. The third-order valence-corrected chi connectivity index (χ3v) is 3.87. The summed E-state index contributed by atoms with van der Waals surface area (Å²) in [4.78, 5) is 11.9. The van der Waals surface area contributed by atoms with Gasteiger partial charge in [0.2, 0.25) is 0 Å². The van der Waals surface area contributed by atoms with Gasteiger partial charge >= 0.3 is 0 Å². The summed E-state index contributed by atoms with van der Waals surface area (Å²) in [7, 11) is 1.69. The number of hydrogen-bond donors (Lipinski definition) is 2. The number of anilines is 1. The molecule has 0 heterocycles. The van der Waals surface area contributed by atoms with Crippen molar-refractivity contribution in [3.8, 4) is 0 Å². The second-order valence-corrected chi connectivity index (χ2v) is 5.07. The van der Waals surface area contributed by atoms with Crippen LogP contribution in [0.15, 0.2) is 18.2 Å². The van der Waals surface area contributed by atoms with Gasteiger partial charge in [0.05, 0.1) is 16.3 Å². The topological polar surface area (TPSA) is 64.3 Å². The predicted molar refractivity (Wildman–Crippen MR) is 71.8 cm³/mol. The summed E-state index contributed by atoms with van der Waals surface area (Å²) in [6, 6.07) is 4.87. The van der Waals surface area contributed by atoms with Gasteiger partial charge in [0.25, 0.3) is 5.91 Å². The number of benzene rings is 1. The van der Waals surface area contributed by atoms with E-state index < -0.39 is 0 Å². The van der Waals surface area contributed by atoms with Crippen molar-refractivity contribution in [3.63, 3.8) is 0 Å². The average Bonchev–Trinajstić information content (AvgIpc) is 2.31. The molecule has 0 saturated heterocycles. The average molecular weight is 269 g/mol. The van der Waals surface area contributed by atoms with Crippen LogP contribution in [0.5, 0.6) is 0 Å². The van der Waals surface area contributed by atoms with Crippen molar-refractivity contribution < 1.29 is 9.53 Å². The van der Waals surface area contributed by atoms with Crippen LogP contribution in [0.2, 0.25) is 5.02 Å². The van der Waals surface area contributed by atoms with Crippen LogP contribution in [-0.4, -0.2) is 25.2 Å². The van der Waals surface area contributed by atoms with E-state index in [1.165, 1.54) is 0 Å². The van der Waals surface area contributed by atoms with Crippen LogP contribution in [0.4, 0.5) is 5.69 Å². The highest BCUT2D eigenvalue weighted by molar-refractivity contribution is 6.33. The molecule has 0 aliphatic heterocycles. The molecule has 0 atom stereocenters. The molecule has 18 heavy (non-hydrogen) atoms. The smallest absolute Gasteiger partial charge is 0.251 e. The number of amides is 1. The first kappa shape index (κ1) is 13.2. The number of nitrogens with two attached hydrogens (primary N) is 1. The number of methoxy groups -OCH3 is 1. The molecule has 1 saturated carbocycles. The SMILES string of the molecule is COC1(CNC(=O)c2ccc(Cl)c(N)c2)CCC1. The van der Waals surface area contributed by atoms with Crippen molar-refractivity contribution in [1.29, 1.82) is 0 Å². The van der Waals surface area contributed by atoms with Crippen LogP contribution in [-0.2, 0) is 4.74 Å². The fraction of sp³-hybridized carbons (Fsp3) is 0.462. The summed E-state index contributed by atoms with van der Waals surface area (Å²) in [5.41, 5.74) is 6.42. The number of rotatable bonds is 4. The lowest BCUT2D eigenvalue weighted by Gasteiger charge is -2.40. The molecule has 1 aliphatic rings. The van der Waals surface area contributed by atoms with E-state index in [4.69, 9.17) is 22.1 Å². The van der Waals surface area contributed by atoms with Gasteiger partial charge in [-0.2, -0.15) is 0 Å². The van der Waals surface area contributed by atoms with Gasteiger partial charge in [-0.05, 0) is 37.5 Å². The lowest BCUT2D eigenvalue weighted by molar-refractivity contribution is -0.0679. The third-order valence-electron chi connectivity index (χ3n) is 3.53. The number of halogens is 1. The molecule has 98 valence electrons. The van der Waals surface area contributed by atoms with Crippen LogP contribution in [0.1, 0.15) is 29.6 Å². The molecule has 0 bridgehead atoms. The van der Waals surface area contributed by atoms with Crippen molar-refractivity contribution in [2.45, 2.75) is 24.9 Å². The Kier molecular flexibility index (Phi) is 3.78. The molecule has 1 aromatic carbocycles. The number of hydrogen-bond acceptors (Lipinski definition) is 3. The zero-order valence-corrected chi connectivity index (χ0v) is 11.1. The van der Waals surface area contributed by atoms with Crippen LogP contribution < -0.4 is 11.1 Å². The van der Waals surface area contributed by atoms with E-state index in [9.17, 15) is 4.79 Å². The molecular weight excluding hydrogens is 252 g/mol. The summed E-state index contributed by atoms with van der Waals surface area (Å²) >= 11 is 5.81. The highest BCUT2D eigenvalue weighted by Crippen LogP contribution is 2.34. The normalized spacial score (nSPS) is 17.0. The molecule has 4 nitrogen and oxygen atoms in total. The molecule has 1 aliphatic carbocycles. The van der Waals surface area contributed by atoms with Crippen molar-refractivity contribution in [2.24, 2.45) is 0 Å². The van der Waals surface area contributed by atoms with E-state index in [1.807, 2.05) is 0 Å². The van der Waals surface area contributed by atoms with E-state index in [0.717, 1.165) is 19.3 Å². The minimum Gasteiger partial charge on any atom is -0.398 e. The van der Waals surface area contributed by atoms with E-state index in [-0.39, 0.29) is 11.5 Å². The summed E-state index contributed by atoms with van der Waals surface area (Å²) < 4.78 is 5.44. The highest BCUT2D eigenvalue weighted by Gasteiger charge is 2.37. The van der Waals surface area contributed by atoms with E-state index in [2.05, 4.69) is 5.32 Å². The zero-order valence-electron chi connectivity index (χ0n) is 10.3. The number of nitrogens with one attached hydrogen (secondary N) is 1. The quantitative estimate of drug-likeness (QED) is 0.823. The van der Waals surface area contributed by atoms with E-state index >= 15 is 0 Å². The monoisotopic (exact) mass is 268 g/mol. The molecular formula is C13H17ClN2O2. The van der Waals surface area contributed by atoms with Gasteiger partial charge in [0.15, 0.2) is 0 Å². The molecule has 0 aromatic heterocycles. The van der Waals surface area contributed by atoms with Gasteiger partial charge in [0.1, 0.15) is 0 Å². The summed E-state index contributed by atoms with van der Waals surface area (Å²) in [5, 5.41) is 3.33. The van der Waals surface area contributed by atoms with Crippen LogP contribution in [0, 0.1) is 0 Å². The fourth-order valence-electron chi connectivity index (χ4n) is 2.05. The number of ether oxygens (including phenoxy) is 1. The van der Waals surface area contributed by atoms with Gasteiger partial charge in [-0.15, -0.1) is 0 Å². The van der Waals surface area contributed by atoms with Crippen molar-refractivity contribution in [2.75, 3.05) is 19.4 Å². The van der Waals surface area contributed by atoms with Crippen LogP contribution in [0.25, 0.3) is 0 Å². The first-order chi connectivity index (χ1) is 8.56. The Morgan fingerprint density at radius 2 is 2.28 bits per heavy atom. The van der Waals surface area contributed by atoms with Gasteiger partial charge in [-0.1, -0.05) is 11.6 Å². The maximum atomic E-state index is 11.9. The molecule has 0 spiro atoms. The highest BCUT2D eigenvalue weighted by atomic mass is 35.5. The van der Waals surface area contributed by atoms with Gasteiger partial charge < -0.3 is 15.8 Å². The number of carbonyl (C=O) groups is 1. The summed E-state index contributed by atoms with van der Waals surface area (Å²) in [5.74, 6) is -0.151. The minimum absolute atomic E-state index is 0.151. The van der Waals surface area contributed by atoms with Gasteiger partial charge in [-0.3, -0.25) is 4.79 Å². The predicted octanol–water partition coefficient (Wildman–Crippen LogP) is 2.22. The molecule has 1 fully saturated rings. The lowest BCUT2D eigenvalue weighted by atomic mass is 9.80. The molecule has 0 radical (unpaired) electrons. The Morgan fingerprint density at radius 3 is 2.78 bits per heavy atom. The Bertz CT molecular complexity index is 453. The van der Waals surface area contributed by atoms with E-state index in [1.54, 1.807) is 25.3 Å².